The number of aromatic nitrogens is 2. The van der Waals surface area contributed by atoms with Crippen molar-refractivity contribution in [1.29, 1.82) is 0 Å². The predicted molar refractivity (Wildman–Crippen MR) is 128 cm³/mol. The molecule has 1 heterocycles. The van der Waals surface area contributed by atoms with Crippen molar-refractivity contribution in [3.05, 3.63) is 109 Å². The third-order valence-corrected chi connectivity index (χ3v) is 5.70. The lowest BCUT2D eigenvalue weighted by Crippen LogP contribution is -2.42. The maximum Gasteiger partial charge on any atom is 0.332 e. The first-order valence-corrected chi connectivity index (χ1v) is 10.6. The lowest BCUT2D eigenvalue weighted by molar-refractivity contribution is -0.116. The average molecular weight is 468 g/mol. The van der Waals surface area contributed by atoms with Gasteiger partial charge in [0.15, 0.2) is 0 Å². The fraction of sp³-hybridized carbons (Fsp3) is 0.125. The number of carbonyl (C=O) groups is 1. The number of carbonyl (C=O) groups excluding carboxylic acids is 1. The summed E-state index contributed by atoms with van der Waals surface area (Å²) in [5, 5.41) is 4.03. The fourth-order valence-corrected chi connectivity index (χ4v) is 4.08. The zero-order chi connectivity index (χ0) is 22.8. The number of aryl methyl sites for hydroxylation is 1. The van der Waals surface area contributed by atoms with Crippen molar-refractivity contribution in [1.82, 2.24) is 9.13 Å². The van der Waals surface area contributed by atoms with Crippen LogP contribution < -0.4 is 16.6 Å². The van der Waals surface area contributed by atoms with Gasteiger partial charge in [-0.25, -0.2) is 4.79 Å². The molecule has 0 aliphatic carbocycles. The van der Waals surface area contributed by atoms with Crippen molar-refractivity contribution in [2.45, 2.75) is 20.0 Å². The van der Waals surface area contributed by atoms with E-state index in [1.807, 2.05) is 13.0 Å². The van der Waals surface area contributed by atoms with Crippen LogP contribution in [-0.2, 0) is 17.9 Å². The second-order valence-electron chi connectivity index (χ2n) is 7.39. The van der Waals surface area contributed by atoms with Crippen LogP contribution >= 0.6 is 23.2 Å². The van der Waals surface area contributed by atoms with Crippen molar-refractivity contribution in [3.8, 4) is 0 Å². The highest BCUT2D eigenvalue weighted by Gasteiger charge is 2.17. The van der Waals surface area contributed by atoms with Gasteiger partial charge in [-0.15, -0.1) is 0 Å². The maximum absolute atomic E-state index is 13.3. The van der Waals surface area contributed by atoms with Gasteiger partial charge in [-0.3, -0.25) is 18.7 Å². The van der Waals surface area contributed by atoms with Crippen LogP contribution in [0.4, 0.5) is 5.69 Å². The molecule has 162 valence electrons. The summed E-state index contributed by atoms with van der Waals surface area (Å²) in [6.45, 7) is 1.59. The van der Waals surface area contributed by atoms with Crippen LogP contribution in [-0.4, -0.2) is 15.0 Å². The molecule has 0 saturated carbocycles. The molecule has 0 aliphatic heterocycles. The van der Waals surface area contributed by atoms with E-state index in [9.17, 15) is 14.4 Å². The predicted octanol–water partition coefficient (Wildman–Crippen LogP) is 4.47. The summed E-state index contributed by atoms with van der Waals surface area (Å²) in [6.07, 6.45) is 0. The minimum Gasteiger partial charge on any atom is -0.323 e. The first kappa shape index (κ1) is 21.9. The smallest absolute Gasteiger partial charge is 0.323 e. The molecule has 8 heteroatoms. The molecular formula is C24H19Cl2N3O3. The molecule has 32 heavy (non-hydrogen) atoms. The molecule has 1 N–H and O–H groups in total. The van der Waals surface area contributed by atoms with Crippen LogP contribution in [0.3, 0.4) is 0 Å². The summed E-state index contributed by atoms with van der Waals surface area (Å²) in [5.74, 6) is -0.429. The number of rotatable bonds is 5. The van der Waals surface area contributed by atoms with Crippen LogP contribution in [0.2, 0.25) is 10.0 Å². The van der Waals surface area contributed by atoms with Gasteiger partial charge >= 0.3 is 5.69 Å². The number of para-hydroxylation sites is 2. The average Bonchev–Trinajstić information content (AvgIpc) is 2.77. The molecule has 1 aromatic heterocycles. The summed E-state index contributed by atoms with van der Waals surface area (Å²) < 4.78 is 2.41. The Morgan fingerprint density at radius 1 is 0.938 bits per heavy atom. The lowest BCUT2D eigenvalue weighted by atomic mass is 10.2. The standard InChI is InChI=1S/C24H19Cl2N3O3/c1-15-6-4-10-19(26)22(15)27-21(30)14-28-20-11-3-2-9-18(20)23(31)29(24(28)32)13-16-7-5-8-17(25)12-16/h2-12H,13-14H2,1H3,(H,27,30). The Hall–Kier alpha value is -3.35. The van der Waals surface area contributed by atoms with E-state index in [4.69, 9.17) is 23.2 Å². The molecule has 1 amide bonds. The van der Waals surface area contributed by atoms with Crippen LogP contribution in [0.25, 0.3) is 10.9 Å². The highest BCUT2D eigenvalue weighted by atomic mass is 35.5. The monoisotopic (exact) mass is 467 g/mol. The number of amides is 1. The van der Waals surface area contributed by atoms with Crippen molar-refractivity contribution >= 4 is 45.7 Å². The lowest BCUT2D eigenvalue weighted by Gasteiger charge is -2.15. The van der Waals surface area contributed by atoms with Crippen molar-refractivity contribution in [3.63, 3.8) is 0 Å². The van der Waals surface area contributed by atoms with E-state index >= 15 is 0 Å². The van der Waals surface area contributed by atoms with Gasteiger partial charge in [0.25, 0.3) is 5.56 Å². The number of benzene rings is 3. The van der Waals surface area contributed by atoms with Gasteiger partial charge in [-0.2, -0.15) is 0 Å². The summed E-state index contributed by atoms with van der Waals surface area (Å²) >= 11 is 12.3. The Kier molecular flexibility index (Phi) is 6.17. The quantitative estimate of drug-likeness (QED) is 0.470. The minimum absolute atomic E-state index is 0.0360. The third-order valence-electron chi connectivity index (χ3n) is 5.15. The molecule has 0 bridgehead atoms. The van der Waals surface area contributed by atoms with Gasteiger partial charge in [0, 0.05) is 5.02 Å². The largest absolute Gasteiger partial charge is 0.332 e. The van der Waals surface area contributed by atoms with E-state index in [0.29, 0.717) is 32.2 Å². The molecule has 4 aromatic rings. The minimum atomic E-state index is -0.584. The van der Waals surface area contributed by atoms with Crippen molar-refractivity contribution in [2.24, 2.45) is 0 Å². The van der Waals surface area contributed by atoms with Gasteiger partial charge in [-0.05, 0) is 48.4 Å². The Morgan fingerprint density at radius 3 is 2.44 bits per heavy atom. The third kappa shape index (κ3) is 4.33. The molecule has 0 atom stereocenters. The van der Waals surface area contributed by atoms with E-state index < -0.39 is 17.2 Å². The summed E-state index contributed by atoms with van der Waals surface area (Å²) in [5.41, 5.74) is 1.37. The molecule has 0 unspecified atom stereocenters. The SMILES string of the molecule is Cc1cccc(Cl)c1NC(=O)Cn1c(=O)n(Cc2cccc(Cl)c2)c(=O)c2ccccc21. The summed E-state index contributed by atoms with van der Waals surface area (Å²) in [6, 6.07) is 19.0. The molecule has 0 spiro atoms. The summed E-state index contributed by atoms with van der Waals surface area (Å²) in [4.78, 5) is 39.2. The highest BCUT2D eigenvalue weighted by Crippen LogP contribution is 2.25. The number of fused-ring (bicyclic) bond motifs is 1. The number of nitrogens with one attached hydrogen (secondary N) is 1. The van der Waals surface area contributed by atoms with E-state index in [-0.39, 0.29) is 13.1 Å². The van der Waals surface area contributed by atoms with E-state index in [0.717, 1.165) is 10.1 Å². The first-order chi connectivity index (χ1) is 15.3. The van der Waals surface area contributed by atoms with Gasteiger partial charge in [-0.1, -0.05) is 59.6 Å². The zero-order valence-electron chi connectivity index (χ0n) is 17.1. The normalized spacial score (nSPS) is 11.0. The number of hydrogen-bond donors (Lipinski definition) is 1. The molecule has 0 fully saturated rings. The Bertz CT molecular complexity index is 1440. The molecule has 0 aliphatic rings. The number of nitrogens with zero attached hydrogens (tertiary/aromatic N) is 2. The van der Waals surface area contributed by atoms with Crippen LogP contribution in [0.5, 0.6) is 0 Å². The first-order valence-electron chi connectivity index (χ1n) is 9.87. The van der Waals surface area contributed by atoms with Crippen LogP contribution in [0.15, 0.2) is 76.3 Å². The van der Waals surface area contributed by atoms with Crippen molar-refractivity contribution in [2.75, 3.05) is 5.32 Å². The zero-order valence-corrected chi connectivity index (χ0v) is 18.7. The number of anilines is 1. The molecule has 6 nitrogen and oxygen atoms in total. The summed E-state index contributed by atoms with van der Waals surface area (Å²) in [7, 11) is 0. The highest BCUT2D eigenvalue weighted by molar-refractivity contribution is 6.34. The topological polar surface area (TPSA) is 73.1 Å². The maximum atomic E-state index is 13.3. The van der Waals surface area contributed by atoms with E-state index in [1.54, 1.807) is 60.7 Å². The second-order valence-corrected chi connectivity index (χ2v) is 8.23. The molecular weight excluding hydrogens is 449 g/mol. The molecule has 3 aromatic carbocycles. The fourth-order valence-electron chi connectivity index (χ4n) is 3.59. The Morgan fingerprint density at radius 2 is 1.69 bits per heavy atom. The molecule has 0 saturated heterocycles. The van der Waals surface area contributed by atoms with E-state index in [2.05, 4.69) is 5.32 Å². The number of halogens is 2. The van der Waals surface area contributed by atoms with Gasteiger partial charge in [0.1, 0.15) is 6.54 Å². The van der Waals surface area contributed by atoms with Gasteiger partial charge < -0.3 is 5.32 Å². The molecule has 0 radical (unpaired) electrons. The number of hydrogen-bond acceptors (Lipinski definition) is 3. The Labute approximate surface area is 193 Å². The molecule has 4 rings (SSSR count). The van der Waals surface area contributed by atoms with Gasteiger partial charge in [0.05, 0.1) is 28.2 Å². The van der Waals surface area contributed by atoms with Crippen molar-refractivity contribution < 1.29 is 4.79 Å². The van der Waals surface area contributed by atoms with E-state index in [1.165, 1.54) is 4.57 Å². The Balaban J connectivity index is 1.77. The van der Waals surface area contributed by atoms with Crippen LogP contribution in [0.1, 0.15) is 11.1 Å². The van der Waals surface area contributed by atoms with Crippen LogP contribution in [0, 0.1) is 6.92 Å². The van der Waals surface area contributed by atoms with Gasteiger partial charge in [0.2, 0.25) is 5.91 Å². The second kappa shape index (κ2) is 9.02.